The topological polar surface area (TPSA) is 64.4 Å². The summed E-state index contributed by atoms with van der Waals surface area (Å²) in [5.74, 6) is 0. The Hall–Kier alpha value is -0.620. The predicted molar refractivity (Wildman–Crippen MR) is 98.7 cm³/mol. The summed E-state index contributed by atoms with van der Waals surface area (Å²) in [6.07, 6.45) is 5.71. The average Bonchev–Trinajstić information content (AvgIpc) is 2.85. The lowest BCUT2D eigenvalue weighted by Gasteiger charge is -2.40. The molecule has 3 rings (SSSR count). The Morgan fingerprint density at radius 2 is 2.00 bits per heavy atom. The van der Waals surface area contributed by atoms with Gasteiger partial charge < -0.3 is 4.90 Å². The molecule has 0 amide bonds. The molecule has 0 aromatic heterocycles. The molecule has 24 heavy (non-hydrogen) atoms. The number of rotatable bonds is 4. The molecule has 1 heterocycles. The standard InChI is InChI=1S/C16H19Br2N3O2S/c1-11-7-14(9-20(11)10-19)21(13-3-2-4-13)24(22,23)16-8-12(17)5-6-15(16)18/h5-6,8,11,13-14H,2-4,7,9H2,1H3/t11-,14-/m0/s1. The number of benzene rings is 1. The van der Waals surface area contributed by atoms with E-state index < -0.39 is 10.0 Å². The maximum Gasteiger partial charge on any atom is 0.244 e. The summed E-state index contributed by atoms with van der Waals surface area (Å²) in [7, 11) is -3.63. The first-order chi connectivity index (χ1) is 11.3. The van der Waals surface area contributed by atoms with E-state index in [-0.39, 0.29) is 23.0 Å². The smallest absolute Gasteiger partial charge is 0.244 e. The molecule has 1 aromatic carbocycles. The van der Waals surface area contributed by atoms with E-state index in [4.69, 9.17) is 0 Å². The molecule has 0 N–H and O–H groups in total. The molecule has 2 atom stereocenters. The van der Waals surface area contributed by atoms with Crippen LogP contribution < -0.4 is 0 Å². The van der Waals surface area contributed by atoms with Gasteiger partial charge in [-0.15, -0.1) is 0 Å². The molecule has 130 valence electrons. The number of nitrogens with zero attached hydrogens (tertiary/aromatic N) is 3. The van der Waals surface area contributed by atoms with Crippen molar-refractivity contribution in [3.05, 3.63) is 27.1 Å². The van der Waals surface area contributed by atoms with Crippen LogP contribution >= 0.6 is 31.9 Å². The molecule has 2 aliphatic rings. The summed E-state index contributed by atoms with van der Waals surface area (Å²) in [5, 5.41) is 9.24. The van der Waals surface area contributed by atoms with Crippen molar-refractivity contribution in [3.63, 3.8) is 0 Å². The Bertz CT molecular complexity index is 774. The fourth-order valence-electron chi connectivity index (χ4n) is 3.45. The second kappa shape index (κ2) is 6.94. The summed E-state index contributed by atoms with van der Waals surface area (Å²) in [6, 6.07) is 5.16. The van der Waals surface area contributed by atoms with Gasteiger partial charge in [-0.05, 0) is 60.3 Å². The molecule has 0 bridgehead atoms. The fourth-order valence-corrected chi connectivity index (χ4v) is 6.79. The molecule has 5 nitrogen and oxygen atoms in total. The van der Waals surface area contributed by atoms with Crippen molar-refractivity contribution in [2.75, 3.05) is 6.54 Å². The molecule has 2 fully saturated rings. The molecule has 1 saturated carbocycles. The van der Waals surface area contributed by atoms with Crippen LogP contribution in [0.2, 0.25) is 0 Å². The minimum atomic E-state index is -3.63. The third kappa shape index (κ3) is 3.24. The zero-order valence-electron chi connectivity index (χ0n) is 13.3. The molecule has 1 aliphatic heterocycles. The Balaban J connectivity index is 2.00. The molecular weight excluding hydrogens is 458 g/mol. The van der Waals surface area contributed by atoms with Crippen LogP contribution in [-0.4, -0.2) is 42.3 Å². The predicted octanol–water partition coefficient (Wildman–Crippen LogP) is 3.70. The maximum absolute atomic E-state index is 13.4. The van der Waals surface area contributed by atoms with E-state index in [1.807, 2.05) is 13.0 Å². The first kappa shape index (κ1) is 18.2. The molecule has 0 radical (unpaired) electrons. The lowest BCUT2D eigenvalue weighted by Crippen LogP contribution is -2.50. The van der Waals surface area contributed by atoms with Crippen LogP contribution in [0.4, 0.5) is 0 Å². The van der Waals surface area contributed by atoms with Gasteiger partial charge in [0.2, 0.25) is 10.0 Å². The highest BCUT2D eigenvalue weighted by atomic mass is 79.9. The van der Waals surface area contributed by atoms with Crippen molar-refractivity contribution in [1.29, 1.82) is 5.26 Å². The first-order valence-electron chi connectivity index (χ1n) is 7.99. The van der Waals surface area contributed by atoms with Gasteiger partial charge in [0, 0.05) is 33.6 Å². The van der Waals surface area contributed by atoms with Crippen molar-refractivity contribution in [2.24, 2.45) is 0 Å². The Labute approximate surface area is 159 Å². The van der Waals surface area contributed by atoms with Gasteiger partial charge in [0.1, 0.15) is 0 Å². The van der Waals surface area contributed by atoms with Gasteiger partial charge in [-0.25, -0.2) is 8.42 Å². The van der Waals surface area contributed by atoms with E-state index >= 15 is 0 Å². The van der Waals surface area contributed by atoms with Gasteiger partial charge in [0.05, 0.1) is 4.90 Å². The molecule has 1 aromatic rings. The van der Waals surface area contributed by atoms with Crippen LogP contribution in [0, 0.1) is 11.5 Å². The summed E-state index contributed by atoms with van der Waals surface area (Å²) < 4.78 is 29.8. The third-order valence-electron chi connectivity index (χ3n) is 4.92. The summed E-state index contributed by atoms with van der Waals surface area (Å²) >= 11 is 6.74. The van der Waals surface area contributed by atoms with Crippen LogP contribution in [0.15, 0.2) is 32.0 Å². The second-order valence-corrected chi connectivity index (χ2v) is 10.1. The fraction of sp³-hybridized carbons (Fsp3) is 0.562. The molecule has 1 saturated heterocycles. The lowest BCUT2D eigenvalue weighted by molar-refractivity contribution is 0.176. The van der Waals surface area contributed by atoms with Crippen LogP contribution in [0.3, 0.4) is 0 Å². The van der Waals surface area contributed by atoms with E-state index in [0.29, 0.717) is 17.4 Å². The van der Waals surface area contributed by atoms with E-state index in [2.05, 4.69) is 38.1 Å². The average molecular weight is 477 g/mol. The van der Waals surface area contributed by atoms with Gasteiger partial charge in [-0.3, -0.25) is 0 Å². The normalized spacial score (nSPS) is 24.9. The molecule has 8 heteroatoms. The Morgan fingerprint density at radius 1 is 1.29 bits per heavy atom. The zero-order valence-corrected chi connectivity index (χ0v) is 17.3. The van der Waals surface area contributed by atoms with Crippen molar-refractivity contribution in [2.45, 2.75) is 55.6 Å². The van der Waals surface area contributed by atoms with E-state index in [9.17, 15) is 13.7 Å². The molecule has 1 aliphatic carbocycles. The number of nitriles is 1. The number of likely N-dealkylation sites (tertiary alicyclic amines) is 1. The van der Waals surface area contributed by atoms with E-state index in [1.165, 1.54) is 0 Å². The molecule has 0 unspecified atom stereocenters. The first-order valence-corrected chi connectivity index (χ1v) is 11.0. The van der Waals surface area contributed by atoms with Crippen molar-refractivity contribution >= 4 is 41.9 Å². The second-order valence-electron chi connectivity index (χ2n) is 6.49. The van der Waals surface area contributed by atoms with Crippen LogP contribution in [0.1, 0.15) is 32.6 Å². The summed E-state index contributed by atoms with van der Waals surface area (Å²) in [5.41, 5.74) is 0. The minimum Gasteiger partial charge on any atom is -0.306 e. The SMILES string of the molecule is C[C@H]1C[C@H](N(C2CCC2)S(=O)(=O)c2cc(Br)ccc2Br)CN1C#N. The highest BCUT2D eigenvalue weighted by molar-refractivity contribution is 9.11. The minimum absolute atomic E-state index is 0.0386. The third-order valence-corrected chi connectivity index (χ3v) is 8.42. The molecular formula is C16H19Br2N3O2S. The van der Waals surface area contributed by atoms with Crippen molar-refractivity contribution in [1.82, 2.24) is 9.21 Å². The van der Waals surface area contributed by atoms with Crippen molar-refractivity contribution in [3.8, 4) is 6.19 Å². The largest absolute Gasteiger partial charge is 0.306 e. The zero-order chi connectivity index (χ0) is 17.5. The van der Waals surface area contributed by atoms with Gasteiger partial charge in [0.15, 0.2) is 6.19 Å². The number of hydrogen-bond donors (Lipinski definition) is 0. The van der Waals surface area contributed by atoms with Gasteiger partial charge in [-0.2, -0.15) is 9.57 Å². The highest BCUT2D eigenvalue weighted by Crippen LogP contribution is 2.38. The van der Waals surface area contributed by atoms with E-state index in [1.54, 1.807) is 21.3 Å². The number of hydrogen-bond acceptors (Lipinski definition) is 4. The summed E-state index contributed by atoms with van der Waals surface area (Å²) in [6.45, 7) is 2.45. The number of sulfonamides is 1. The van der Waals surface area contributed by atoms with E-state index in [0.717, 1.165) is 23.7 Å². The Morgan fingerprint density at radius 3 is 2.54 bits per heavy atom. The summed E-state index contributed by atoms with van der Waals surface area (Å²) in [4.78, 5) is 1.97. The maximum atomic E-state index is 13.4. The number of halogens is 2. The van der Waals surface area contributed by atoms with Crippen LogP contribution in [-0.2, 0) is 10.0 Å². The van der Waals surface area contributed by atoms with Crippen LogP contribution in [0.5, 0.6) is 0 Å². The lowest BCUT2D eigenvalue weighted by atomic mass is 9.92. The van der Waals surface area contributed by atoms with Gasteiger partial charge in [-0.1, -0.05) is 22.4 Å². The quantitative estimate of drug-likeness (QED) is 0.621. The van der Waals surface area contributed by atoms with Gasteiger partial charge in [0.25, 0.3) is 0 Å². The van der Waals surface area contributed by atoms with Crippen molar-refractivity contribution < 1.29 is 8.42 Å². The molecule has 0 spiro atoms. The highest BCUT2D eigenvalue weighted by Gasteiger charge is 2.44. The Kier molecular flexibility index (Phi) is 5.26. The van der Waals surface area contributed by atoms with Gasteiger partial charge >= 0.3 is 0 Å². The monoisotopic (exact) mass is 475 g/mol. The van der Waals surface area contributed by atoms with Crippen LogP contribution in [0.25, 0.3) is 0 Å².